The van der Waals surface area contributed by atoms with Crippen LogP contribution in [0.2, 0.25) is 5.02 Å². The van der Waals surface area contributed by atoms with Crippen LogP contribution in [0.15, 0.2) is 42.5 Å². The highest BCUT2D eigenvalue weighted by atomic mass is 35.5. The Kier molecular flexibility index (Phi) is 5.61. The summed E-state index contributed by atoms with van der Waals surface area (Å²) in [7, 11) is 0. The van der Waals surface area contributed by atoms with E-state index in [1.807, 2.05) is 12.1 Å². The predicted octanol–water partition coefficient (Wildman–Crippen LogP) is 4.01. The number of nitrogens with one attached hydrogen (secondary N) is 2. The number of hydrogen-bond donors (Lipinski definition) is 2. The van der Waals surface area contributed by atoms with Gasteiger partial charge in [0.1, 0.15) is 17.9 Å². The molecule has 1 aliphatic rings. The Balaban J connectivity index is 1.74. The minimum Gasteiger partial charge on any atom is -0.324 e. The van der Waals surface area contributed by atoms with Gasteiger partial charge < -0.3 is 10.6 Å². The molecule has 29 heavy (non-hydrogen) atoms. The second-order valence-corrected chi connectivity index (χ2v) is 7.81. The lowest BCUT2D eigenvalue weighted by molar-refractivity contribution is -0.133. The topological polar surface area (TPSA) is 78.5 Å². The van der Waals surface area contributed by atoms with Crippen molar-refractivity contribution in [2.45, 2.75) is 32.2 Å². The fourth-order valence-electron chi connectivity index (χ4n) is 3.16. The van der Waals surface area contributed by atoms with Crippen molar-refractivity contribution in [3.05, 3.63) is 64.4 Å². The van der Waals surface area contributed by atoms with E-state index in [0.29, 0.717) is 11.5 Å². The number of carbonyl (C=O) groups excluding carboxylic acids is 3. The molecule has 1 atom stereocenters. The maximum absolute atomic E-state index is 13.2. The molecule has 1 fully saturated rings. The van der Waals surface area contributed by atoms with Gasteiger partial charge in [0.25, 0.3) is 5.91 Å². The molecule has 1 aliphatic heterocycles. The summed E-state index contributed by atoms with van der Waals surface area (Å²) >= 11 is 5.69. The monoisotopic (exact) mass is 417 g/mol. The van der Waals surface area contributed by atoms with Crippen LogP contribution in [-0.2, 0) is 15.1 Å². The molecule has 0 saturated carbocycles. The van der Waals surface area contributed by atoms with Crippen molar-refractivity contribution in [1.29, 1.82) is 0 Å². The Morgan fingerprint density at radius 1 is 1.21 bits per heavy atom. The fourth-order valence-corrected chi connectivity index (χ4v) is 3.34. The van der Waals surface area contributed by atoms with E-state index in [1.165, 1.54) is 12.1 Å². The van der Waals surface area contributed by atoms with Crippen molar-refractivity contribution < 1.29 is 18.8 Å². The highest BCUT2D eigenvalue weighted by Gasteiger charge is 2.49. The number of urea groups is 1. The highest BCUT2D eigenvalue weighted by Crippen LogP contribution is 2.30. The molecule has 3 rings (SSSR count). The minimum atomic E-state index is -1.26. The molecule has 4 amide bonds. The van der Waals surface area contributed by atoms with E-state index in [2.05, 4.69) is 24.5 Å². The van der Waals surface area contributed by atoms with Crippen molar-refractivity contribution in [2.24, 2.45) is 0 Å². The highest BCUT2D eigenvalue weighted by molar-refractivity contribution is 6.31. The van der Waals surface area contributed by atoms with Gasteiger partial charge in [-0.05, 0) is 42.2 Å². The summed E-state index contributed by atoms with van der Waals surface area (Å²) < 4.78 is 13.2. The Bertz CT molecular complexity index is 978. The lowest BCUT2D eigenvalue weighted by Gasteiger charge is -2.22. The van der Waals surface area contributed by atoms with Crippen molar-refractivity contribution >= 4 is 35.1 Å². The number of anilines is 1. The standard InChI is InChI=1S/C21H21ClFN3O3/c1-12(2)13-4-6-14(7-5-13)21(3)19(28)26(20(29)25-21)11-18(27)24-15-8-9-17(23)16(22)10-15/h4-10,12H,11H2,1-3H3,(H,24,27)(H,25,29)/t21-/m0/s1. The lowest BCUT2D eigenvalue weighted by Crippen LogP contribution is -2.42. The van der Waals surface area contributed by atoms with Crippen LogP contribution in [0.1, 0.15) is 37.8 Å². The van der Waals surface area contributed by atoms with Gasteiger partial charge in [-0.3, -0.25) is 14.5 Å². The zero-order valence-electron chi connectivity index (χ0n) is 16.3. The van der Waals surface area contributed by atoms with Crippen molar-refractivity contribution in [1.82, 2.24) is 10.2 Å². The zero-order valence-corrected chi connectivity index (χ0v) is 17.0. The molecule has 8 heteroatoms. The summed E-state index contributed by atoms with van der Waals surface area (Å²) in [6.45, 7) is 5.26. The number of carbonyl (C=O) groups is 3. The van der Waals surface area contributed by atoms with Gasteiger partial charge in [0, 0.05) is 5.69 Å². The van der Waals surface area contributed by atoms with E-state index in [0.717, 1.165) is 16.5 Å². The normalized spacial score (nSPS) is 18.9. The van der Waals surface area contributed by atoms with E-state index < -0.39 is 35.7 Å². The summed E-state index contributed by atoms with van der Waals surface area (Å²) in [5.74, 6) is -1.40. The molecule has 2 aromatic rings. The van der Waals surface area contributed by atoms with Crippen LogP contribution in [0, 0.1) is 5.82 Å². The molecule has 0 bridgehead atoms. The van der Waals surface area contributed by atoms with Gasteiger partial charge in [0.15, 0.2) is 0 Å². The Morgan fingerprint density at radius 2 is 1.86 bits per heavy atom. The van der Waals surface area contributed by atoms with Crippen LogP contribution >= 0.6 is 11.6 Å². The smallest absolute Gasteiger partial charge is 0.324 e. The summed E-state index contributed by atoms with van der Waals surface area (Å²) in [4.78, 5) is 38.5. The Labute approximate surface area is 173 Å². The van der Waals surface area contributed by atoms with Crippen LogP contribution in [0.4, 0.5) is 14.9 Å². The maximum Gasteiger partial charge on any atom is 0.325 e. The fraction of sp³-hybridized carbons (Fsp3) is 0.286. The zero-order chi connectivity index (χ0) is 21.3. The molecule has 6 nitrogen and oxygen atoms in total. The van der Waals surface area contributed by atoms with Gasteiger partial charge in [-0.25, -0.2) is 9.18 Å². The Hall–Kier alpha value is -2.93. The average Bonchev–Trinajstić information content (AvgIpc) is 2.89. The molecule has 0 radical (unpaired) electrons. The third-order valence-electron chi connectivity index (χ3n) is 4.93. The average molecular weight is 418 g/mol. The van der Waals surface area contributed by atoms with Crippen molar-refractivity contribution in [2.75, 3.05) is 11.9 Å². The summed E-state index contributed by atoms with van der Waals surface area (Å²) in [6, 6.07) is 10.5. The van der Waals surface area contributed by atoms with Gasteiger partial charge in [-0.15, -0.1) is 0 Å². The van der Waals surface area contributed by atoms with Gasteiger partial charge in [-0.1, -0.05) is 49.7 Å². The molecular formula is C21H21ClFN3O3. The molecule has 2 N–H and O–H groups in total. The van der Waals surface area contributed by atoms with E-state index in [4.69, 9.17) is 11.6 Å². The number of hydrogen-bond acceptors (Lipinski definition) is 3. The Morgan fingerprint density at radius 3 is 2.45 bits per heavy atom. The first-order valence-electron chi connectivity index (χ1n) is 9.11. The minimum absolute atomic E-state index is 0.143. The maximum atomic E-state index is 13.2. The predicted molar refractivity (Wildman–Crippen MR) is 108 cm³/mol. The molecule has 2 aromatic carbocycles. The second-order valence-electron chi connectivity index (χ2n) is 7.40. The molecule has 0 unspecified atom stereocenters. The van der Waals surface area contributed by atoms with Crippen molar-refractivity contribution in [3.8, 4) is 0 Å². The molecule has 0 spiro atoms. The quantitative estimate of drug-likeness (QED) is 0.721. The summed E-state index contributed by atoms with van der Waals surface area (Å²) in [5, 5.41) is 5.03. The number of rotatable bonds is 5. The lowest BCUT2D eigenvalue weighted by atomic mass is 9.90. The second kappa shape index (κ2) is 7.83. The van der Waals surface area contributed by atoms with Gasteiger partial charge in [0.2, 0.25) is 5.91 Å². The summed E-state index contributed by atoms with van der Waals surface area (Å²) in [6.07, 6.45) is 0. The van der Waals surface area contributed by atoms with Crippen LogP contribution in [0.25, 0.3) is 0 Å². The van der Waals surface area contributed by atoms with Gasteiger partial charge in [-0.2, -0.15) is 0 Å². The molecule has 0 aliphatic carbocycles. The summed E-state index contributed by atoms with van der Waals surface area (Å²) in [5.41, 5.74) is 0.753. The first-order valence-corrected chi connectivity index (χ1v) is 9.49. The van der Waals surface area contributed by atoms with E-state index in [1.54, 1.807) is 19.1 Å². The first-order chi connectivity index (χ1) is 13.6. The van der Waals surface area contributed by atoms with Crippen LogP contribution in [0.3, 0.4) is 0 Å². The van der Waals surface area contributed by atoms with Gasteiger partial charge >= 0.3 is 6.03 Å². The van der Waals surface area contributed by atoms with E-state index in [-0.39, 0.29) is 10.7 Å². The van der Waals surface area contributed by atoms with Gasteiger partial charge in [0.05, 0.1) is 5.02 Å². The van der Waals surface area contributed by atoms with Crippen LogP contribution in [-0.4, -0.2) is 29.3 Å². The van der Waals surface area contributed by atoms with E-state index in [9.17, 15) is 18.8 Å². The third kappa shape index (κ3) is 4.10. The number of benzene rings is 2. The number of nitrogens with zero attached hydrogens (tertiary/aromatic N) is 1. The van der Waals surface area contributed by atoms with E-state index >= 15 is 0 Å². The number of amides is 4. The molecule has 152 valence electrons. The SMILES string of the molecule is CC(C)c1ccc([C@]2(C)NC(=O)N(CC(=O)Nc3ccc(F)c(Cl)c3)C2=O)cc1. The number of halogens is 2. The molecule has 0 aromatic heterocycles. The van der Waals surface area contributed by atoms with Crippen LogP contribution in [0.5, 0.6) is 0 Å². The molecule has 1 heterocycles. The van der Waals surface area contributed by atoms with Crippen LogP contribution < -0.4 is 10.6 Å². The molecule has 1 saturated heterocycles. The number of imide groups is 1. The largest absolute Gasteiger partial charge is 0.325 e. The van der Waals surface area contributed by atoms with Crippen molar-refractivity contribution in [3.63, 3.8) is 0 Å². The third-order valence-corrected chi connectivity index (χ3v) is 5.22. The first kappa shape index (κ1) is 20.8. The molecular weight excluding hydrogens is 397 g/mol.